The Labute approximate surface area is 140 Å². The maximum Gasteiger partial charge on any atom is 0.233 e. The van der Waals surface area contributed by atoms with E-state index in [1.807, 2.05) is 11.8 Å². The molecule has 0 atom stereocenters. The Morgan fingerprint density at radius 3 is 2.68 bits per heavy atom. The van der Waals surface area contributed by atoms with Gasteiger partial charge >= 0.3 is 0 Å². The molecule has 0 spiro atoms. The van der Waals surface area contributed by atoms with Crippen molar-refractivity contribution in [2.75, 3.05) is 51.7 Å². The molecule has 1 amide bonds. The van der Waals surface area contributed by atoms with Gasteiger partial charge in [-0.2, -0.15) is 0 Å². The smallest absolute Gasteiger partial charge is 0.233 e. The van der Waals surface area contributed by atoms with Crippen LogP contribution in [0.2, 0.25) is 0 Å². The molecule has 124 valence electrons. The van der Waals surface area contributed by atoms with Crippen LogP contribution in [0.5, 0.6) is 0 Å². The average molecular weight is 345 g/mol. The second-order valence-corrected chi connectivity index (χ2v) is 7.61. The van der Waals surface area contributed by atoms with Gasteiger partial charge in [-0.05, 0) is 13.3 Å². The Balaban J connectivity index is 1.62. The number of hydrogen-bond acceptors (Lipinski definition) is 7. The minimum atomic E-state index is 0.194. The topological polar surface area (TPSA) is 58.6 Å². The summed E-state index contributed by atoms with van der Waals surface area (Å²) in [6.45, 7) is 10.1. The van der Waals surface area contributed by atoms with E-state index in [0.717, 1.165) is 61.7 Å². The molecule has 2 heterocycles. The summed E-state index contributed by atoms with van der Waals surface area (Å²) in [5.74, 6) is 0.647. The molecule has 0 bridgehead atoms. The third kappa shape index (κ3) is 5.83. The van der Waals surface area contributed by atoms with Crippen LogP contribution in [-0.4, -0.2) is 77.6 Å². The normalized spacial score (nSPS) is 16.2. The van der Waals surface area contributed by atoms with Crippen molar-refractivity contribution in [1.29, 1.82) is 0 Å². The van der Waals surface area contributed by atoms with Crippen LogP contribution in [0.15, 0.2) is 4.34 Å². The molecule has 0 unspecified atom stereocenters. The van der Waals surface area contributed by atoms with E-state index in [9.17, 15) is 4.79 Å². The van der Waals surface area contributed by atoms with Crippen molar-refractivity contribution in [2.24, 2.45) is 0 Å². The van der Waals surface area contributed by atoms with Gasteiger partial charge in [-0.3, -0.25) is 9.69 Å². The van der Waals surface area contributed by atoms with Crippen LogP contribution in [0.25, 0.3) is 0 Å². The Hall–Kier alpha value is -0.700. The van der Waals surface area contributed by atoms with Crippen LogP contribution in [0.4, 0.5) is 0 Å². The monoisotopic (exact) mass is 344 g/mol. The summed E-state index contributed by atoms with van der Waals surface area (Å²) in [6, 6.07) is 0. The Kier molecular flexibility index (Phi) is 7.57. The van der Waals surface area contributed by atoms with E-state index in [-0.39, 0.29) is 5.91 Å². The van der Waals surface area contributed by atoms with Crippen molar-refractivity contribution in [1.82, 2.24) is 20.0 Å². The molecule has 1 aliphatic heterocycles. The number of aryl methyl sites for hydroxylation is 1. The van der Waals surface area contributed by atoms with Gasteiger partial charge in [0, 0.05) is 39.3 Å². The zero-order chi connectivity index (χ0) is 15.8. The number of ether oxygens (including phenoxy) is 1. The molecule has 0 aromatic carbocycles. The van der Waals surface area contributed by atoms with Gasteiger partial charge in [0.2, 0.25) is 5.91 Å². The van der Waals surface area contributed by atoms with Crippen molar-refractivity contribution < 1.29 is 9.53 Å². The fourth-order valence-corrected chi connectivity index (χ4v) is 3.93. The van der Waals surface area contributed by atoms with Gasteiger partial charge in [0.05, 0.1) is 12.4 Å². The Morgan fingerprint density at radius 1 is 1.27 bits per heavy atom. The molecule has 8 heteroatoms. The lowest BCUT2D eigenvalue weighted by Gasteiger charge is -2.34. The number of amides is 1. The van der Waals surface area contributed by atoms with Gasteiger partial charge in [0.25, 0.3) is 0 Å². The second-order valence-electron chi connectivity index (χ2n) is 5.21. The van der Waals surface area contributed by atoms with E-state index >= 15 is 0 Å². The average Bonchev–Trinajstić information content (AvgIpc) is 2.95. The van der Waals surface area contributed by atoms with E-state index in [1.54, 1.807) is 0 Å². The second kappa shape index (κ2) is 9.44. The van der Waals surface area contributed by atoms with Gasteiger partial charge in [0.1, 0.15) is 5.01 Å². The molecule has 0 saturated carbocycles. The highest BCUT2D eigenvalue weighted by molar-refractivity contribution is 8.01. The molecule has 6 nitrogen and oxygen atoms in total. The van der Waals surface area contributed by atoms with E-state index in [2.05, 4.69) is 22.0 Å². The molecule has 1 saturated heterocycles. The predicted molar refractivity (Wildman–Crippen MR) is 89.5 cm³/mol. The van der Waals surface area contributed by atoms with Crippen LogP contribution in [-0.2, 0) is 9.53 Å². The highest BCUT2D eigenvalue weighted by Gasteiger charge is 2.21. The number of hydrogen-bond donors (Lipinski definition) is 0. The number of carbonyl (C=O) groups excluding carboxylic acids is 1. The number of carbonyl (C=O) groups is 1. The van der Waals surface area contributed by atoms with Crippen LogP contribution < -0.4 is 0 Å². The number of rotatable bonds is 8. The molecule has 22 heavy (non-hydrogen) atoms. The predicted octanol–water partition coefficient (Wildman–Crippen LogP) is 1.51. The Morgan fingerprint density at radius 2 is 2.05 bits per heavy atom. The molecule has 1 fully saturated rings. The van der Waals surface area contributed by atoms with E-state index < -0.39 is 0 Å². The van der Waals surface area contributed by atoms with Gasteiger partial charge in [-0.25, -0.2) is 0 Å². The van der Waals surface area contributed by atoms with Gasteiger partial charge in [0.15, 0.2) is 4.34 Å². The molecule has 0 radical (unpaired) electrons. The van der Waals surface area contributed by atoms with Crippen molar-refractivity contribution >= 4 is 29.0 Å². The van der Waals surface area contributed by atoms with Crippen LogP contribution in [0.1, 0.15) is 18.4 Å². The van der Waals surface area contributed by atoms with Gasteiger partial charge < -0.3 is 9.64 Å². The van der Waals surface area contributed by atoms with E-state index in [0.29, 0.717) is 5.75 Å². The first-order valence-electron chi connectivity index (χ1n) is 7.70. The summed E-state index contributed by atoms with van der Waals surface area (Å²) in [5, 5.41) is 8.93. The number of thioether (sulfide) groups is 1. The zero-order valence-corrected chi connectivity index (χ0v) is 14.9. The van der Waals surface area contributed by atoms with E-state index in [1.165, 1.54) is 23.1 Å². The summed E-state index contributed by atoms with van der Waals surface area (Å²) >= 11 is 3.02. The fourth-order valence-electron chi connectivity index (χ4n) is 2.21. The molecule has 0 N–H and O–H groups in total. The minimum Gasteiger partial charge on any atom is -0.380 e. The molecule has 2 rings (SSSR count). The fraction of sp³-hybridized carbons (Fsp3) is 0.786. The molecular weight excluding hydrogens is 320 g/mol. The van der Waals surface area contributed by atoms with Crippen molar-refractivity contribution in [3.63, 3.8) is 0 Å². The van der Waals surface area contributed by atoms with Crippen molar-refractivity contribution in [3.05, 3.63) is 5.01 Å². The summed E-state index contributed by atoms with van der Waals surface area (Å²) in [5.41, 5.74) is 0. The van der Waals surface area contributed by atoms with Crippen molar-refractivity contribution in [3.8, 4) is 0 Å². The number of aromatic nitrogens is 2. The number of nitrogens with zero attached hydrogens (tertiary/aromatic N) is 4. The summed E-state index contributed by atoms with van der Waals surface area (Å²) in [7, 11) is 0. The third-order valence-corrected chi connectivity index (χ3v) is 5.41. The summed E-state index contributed by atoms with van der Waals surface area (Å²) in [4.78, 5) is 16.5. The summed E-state index contributed by atoms with van der Waals surface area (Å²) < 4.78 is 6.38. The molecule has 0 aliphatic carbocycles. The third-order valence-electron chi connectivity index (χ3n) is 3.45. The zero-order valence-electron chi connectivity index (χ0n) is 13.3. The lowest BCUT2D eigenvalue weighted by atomic mass is 10.3. The Bertz CT molecular complexity index is 461. The van der Waals surface area contributed by atoms with Crippen LogP contribution >= 0.6 is 23.1 Å². The first-order chi connectivity index (χ1) is 10.7. The maximum atomic E-state index is 12.2. The highest BCUT2D eigenvalue weighted by Crippen LogP contribution is 2.22. The minimum absolute atomic E-state index is 0.194. The molecule has 1 aliphatic rings. The van der Waals surface area contributed by atoms with Crippen LogP contribution in [0, 0.1) is 6.92 Å². The standard InChI is InChI=1S/C14H24N4O2S2/c1-3-9-20-10-8-17-4-6-18(7-5-17)13(19)11-21-14-16-15-12(2)22-14/h3-11H2,1-2H3. The van der Waals surface area contributed by atoms with Gasteiger partial charge in [-0.1, -0.05) is 30.0 Å². The van der Waals surface area contributed by atoms with Crippen molar-refractivity contribution in [2.45, 2.75) is 24.6 Å². The SMILES string of the molecule is CCCOCCN1CCN(C(=O)CSc2nnc(C)s2)CC1. The van der Waals surface area contributed by atoms with Crippen LogP contribution in [0.3, 0.4) is 0 Å². The molecule has 1 aromatic rings. The van der Waals surface area contributed by atoms with Gasteiger partial charge in [-0.15, -0.1) is 10.2 Å². The quantitative estimate of drug-likeness (QED) is 0.526. The molecule has 1 aromatic heterocycles. The number of piperazine rings is 1. The lowest BCUT2D eigenvalue weighted by molar-refractivity contribution is -0.130. The largest absolute Gasteiger partial charge is 0.380 e. The highest BCUT2D eigenvalue weighted by atomic mass is 32.2. The summed E-state index contributed by atoms with van der Waals surface area (Å²) in [6.07, 6.45) is 1.06. The maximum absolute atomic E-state index is 12.2. The molecular formula is C14H24N4O2S2. The lowest BCUT2D eigenvalue weighted by Crippen LogP contribution is -2.49. The first kappa shape index (κ1) is 17.7. The first-order valence-corrected chi connectivity index (χ1v) is 9.50. The van der Waals surface area contributed by atoms with E-state index in [4.69, 9.17) is 4.74 Å².